The molecule has 0 spiro atoms. The smallest absolute Gasteiger partial charge is 0.164 e. The third-order valence-electron chi connectivity index (χ3n) is 12.8. The van der Waals surface area contributed by atoms with Crippen LogP contribution in [0.4, 0.5) is 0 Å². The Morgan fingerprint density at radius 2 is 0.864 bits per heavy atom. The van der Waals surface area contributed by atoms with E-state index in [4.69, 9.17) is 82.1 Å². The molecule has 66 heavy (non-hydrogen) atoms. The molecule has 0 fully saturated rings. The molecule has 0 amide bonds. The van der Waals surface area contributed by atoms with Crippen molar-refractivity contribution < 1.29 is 4.42 Å². The summed E-state index contributed by atoms with van der Waals surface area (Å²) in [7, 11) is 53.5. The molecule has 0 aliphatic carbocycles. The minimum absolute atomic E-state index is 0.119. The van der Waals surface area contributed by atoms with Gasteiger partial charge in [0.1, 0.15) is 73.9 Å². The highest BCUT2D eigenvalue weighted by Crippen LogP contribution is 2.42. The molecule has 16 radical (unpaired) electrons. The van der Waals surface area contributed by atoms with E-state index in [1.807, 2.05) is 102 Å². The second-order valence-electron chi connectivity index (χ2n) is 16.5. The van der Waals surface area contributed by atoms with Crippen LogP contribution >= 0.6 is 0 Å². The van der Waals surface area contributed by atoms with E-state index in [1.54, 1.807) is 0 Å². The lowest BCUT2D eigenvalue weighted by atomic mass is 9.63. The van der Waals surface area contributed by atoms with E-state index in [-0.39, 0.29) is 43.7 Å². The maximum absolute atomic E-state index is 6.97. The fraction of sp³-hybridized carbons (Fsp3) is 0. The van der Waals surface area contributed by atoms with E-state index in [9.17, 15) is 0 Å². The zero-order chi connectivity index (χ0) is 45.1. The number of furan rings is 1. The fourth-order valence-electron chi connectivity index (χ4n) is 9.43. The van der Waals surface area contributed by atoms with Gasteiger partial charge < -0.3 is 8.98 Å². The first-order chi connectivity index (χ1) is 32.0. The summed E-state index contributed by atoms with van der Waals surface area (Å²) >= 11 is 0. The predicted octanol–water partition coefficient (Wildman–Crippen LogP) is 4.19. The predicted molar refractivity (Wildman–Crippen MR) is 281 cm³/mol. The molecule has 13 heteroatoms. The van der Waals surface area contributed by atoms with Crippen molar-refractivity contribution in [2.75, 3.05) is 0 Å². The van der Waals surface area contributed by atoms with Crippen LogP contribution < -0.4 is 43.7 Å². The van der Waals surface area contributed by atoms with Crippen molar-refractivity contribution in [3.05, 3.63) is 146 Å². The van der Waals surface area contributed by atoms with Crippen LogP contribution in [-0.2, 0) is 0 Å². The Kier molecular flexibility index (Phi) is 9.19. The van der Waals surface area contributed by atoms with E-state index >= 15 is 0 Å². The first-order valence-corrected chi connectivity index (χ1v) is 21.2. The van der Waals surface area contributed by atoms with Gasteiger partial charge in [0.25, 0.3) is 0 Å². The van der Waals surface area contributed by atoms with Crippen LogP contribution in [0, 0.1) is 0 Å². The Labute approximate surface area is 390 Å². The Morgan fingerprint density at radius 3 is 1.48 bits per heavy atom. The highest BCUT2D eigenvalue weighted by molar-refractivity contribution is 6.71. The number of rotatable bonds is 5. The average Bonchev–Trinajstić information content (AvgIpc) is 3.92. The lowest BCUT2D eigenvalue weighted by Gasteiger charge is -2.18. The Bertz CT molecular complexity index is 3910. The molecule has 0 N–H and O–H groups in total. The van der Waals surface area contributed by atoms with Crippen molar-refractivity contribution in [1.82, 2.24) is 19.5 Å². The van der Waals surface area contributed by atoms with Crippen molar-refractivity contribution in [2.45, 2.75) is 0 Å². The first kappa shape index (κ1) is 40.2. The molecule has 0 aliphatic rings. The number of benzene rings is 9. The number of fused-ring (bicyclic) bond motifs is 9. The van der Waals surface area contributed by atoms with Crippen LogP contribution in [0.25, 0.3) is 116 Å². The quantitative estimate of drug-likeness (QED) is 0.193. The van der Waals surface area contributed by atoms with Crippen LogP contribution in [0.2, 0.25) is 0 Å². The Balaban J connectivity index is 1.16. The standard InChI is InChI=1S/C53H24B8N4O/c54-40-38-39-41(55)43(57)45(59)47(61)49(39)65(48(38)46(60)44(58)42(40)56)31-23-35(29-17-19-33-28(21-29)16-15-25-9-7-8-14-32(25)33)50-36(24-31)34-20-18-30(22-37(34)66-50)53-63-51(26-10-3-1-4-11-26)62-52(64-53)27-12-5-2-6-13-27/h1-24H. The Hall–Kier alpha value is -7.37. The number of hydrogen-bond acceptors (Lipinski definition) is 4. The van der Waals surface area contributed by atoms with E-state index in [2.05, 4.69) is 48.5 Å². The van der Waals surface area contributed by atoms with Crippen molar-refractivity contribution in [3.8, 4) is 51.0 Å². The van der Waals surface area contributed by atoms with Gasteiger partial charge in [0.05, 0.1) is 0 Å². The van der Waals surface area contributed by atoms with Crippen molar-refractivity contribution >= 4 is 172 Å². The van der Waals surface area contributed by atoms with Crippen LogP contribution in [0.3, 0.4) is 0 Å². The van der Waals surface area contributed by atoms with Crippen LogP contribution in [-0.4, -0.2) is 82.3 Å². The van der Waals surface area contributed by atoms with Crippen LogP contribution in [0.5, 0.6) is 0 Å². The molecule has 0 bridgehead atoms. The minimum Gasteiger partial charge on any atom is -0.455 e. The van der Waals surface area contributed by atoms with Gasteiger partial charge in [-0.3, -0.25) is 0 Å². The summed E-state index contributed by atoms with van der Waals surface area (Å²) in [5.41, 5.74) is 8.18. The SMILES string of the molecule is [B]c1c([B])c([B])c2c(c1[B])c1c([B])c([B])c([B])c([B])c1n2-c1cc(-c2ccc3c(ccc4ccccc43)c2)c2oc3cc(-c4nc(-c5ccccc5)nc(-c5ccccc5)n4)ccc3c2c1. The van der Waals surface area contributed by atoms with Gasteiger partial charge >= 0.3 is 0 Å². The van der Waals surface area contributed by atoms with Gasteiger partial charge in [0.15, 0.2) is 17.5 Å². The van der Waals surface area contributed by atoms with Gasteiger partial charge in [-0.15, -0.1) is 21.9 Å². The molecule has 286 valence electrons. The van der Waals surface area contributed by atoms with Crippen LogP contribution in [0.15, 0.2) is 150 Å². The maximum Gasteiger partial charge on any atom is 0.164 e. The zero-order valence-electron chi connectivity index (χ0n) is 35.2. The van der Waals surface area contributed by atoms with Gasteiger partial charge in [0, 0.05) is 49.7 Å². The van der Waals surface area contributed by atoms with Gasteiger partial charge in [-0.05, 0) is 68.2 Å². The molecule has 12 rings (SSSR count). The molecular weight excluding hydrogens is 795 g/mol. The molecule has 5 nitrogen and oxygen atoms in total. The monoisotopic (exact) mass is 820 g/mol. The molecule has 0 atom stereocenters. The molecule has 0 aliphatic heterocycles. The van der Waals surface area contributed by atoms with Gasteiger partial charge in [0.2, 0.25) is 0 Å². The molecular formula is C53H24B8N4O. The Morgan fingerprint density at radius 1 is 0.364 bits per heavy atom. The summed E-state index contributed by atoms with van der Waals surface area (Å²) in [5, 5.41) is 7.02. The van der Waals surface area contributed by atoms with Gasteiger partial charge in [-0.2, -0.15) is 0 Å². The molecule has 3 aromatic heterocycles. The van der Waals surface area contributed by atoms with E-state index in [0.29, 0.717) is 56.1 Å². The van der Waals surface area contributed by atoms with Crippen LogP contribution in [0.1, 0.15) is 0 Å². The summed E-state index contributed by atoms with van der Waals surface area (Å²) in [6.45, 7) is 0. The van der Waals surface area contributed by atoms with E-state index < -0.39 is 0 Å². The van der Waals surface area contributed by atoms with Crippen molar-refractivity contribution in [2.24, 2.45) is 0 Å². The largest absolute Gasteiger partial charge is 0.455 e. The second kappa shape index (κ2) is 15.1. The van der Waals surface area contributed by atoms with E-state index in [1.165, 1.54) is 0 Å². The molecule has 3 heterocycles. The highest BCUT2D eigenvalue weighted by atomic mass is 16.3. The molecule has 0 saturated carbocycles. The summed E-state index contributed by atoms with van der Waals surface area (Å²) in [6.07, 6.45) is 0. The normalized spacial score (nSPS) is 11.8. The first-order valence-electron chi connectivity index (χ1n) is 21.2. The topological polar surface area (TPSA) is 56.7 Å². The number of nitrogens with zero attached hydrogens (tertiary/aromatic N) is 4. The van der Waals surface area contributed by atoms with Gasteiger partial charge in [-0.1, -0.05) is 137 Å². The zero-order valence-corrected chi connectivity index (χ0v) is 35.2. The average molecular weight is 819 g/mol. The van der Waals surface area contributed by atoms with Crippen molar-refractivity contribution in [1.29, 1.82) is 0 Å². The molecule has 12 aromatic rings. The van der Waals surface area contributed by atoms with E-state index in [0.717, 1.165) is 60.1 Å². The number of hydrogen-bond donors (Lipinski definition) is 0. The summed E-state index contributed by atoms with van der Waals surface area (Å²) in [6, 6.07) is 48.8. The lowest BCUT2D eigenvalue weighted by Crippen LogP contribution is -2.49. The lowest BCUT2D eigenvalue weighted by molar-refractivity contribution is 0.670. The molecule has 0 unspecified atom stereocenters. The summed E-state index contributed by atoms with van der Waals surface area (Å²) < 4.78 is 8.86. The third kappa shape index (κ3) is 6.02. The maximum atomic E-state index is 6.97. The molecule has 9 aromatic carbocycles. The molecule has 0 saturated heterocycles. The third-order valence-corrected chi connectivity index (χ3v) is 12.8. The van der Waals surface area contributed by atoms with Crippen molar-refractivity contribution in [3.63, 3.8) is 0 Å². The summed E-state index contributed by atoms with van der Waals surface area (Å²) in [4.78, 5) is 14.9. The second-order valence-corrected chi connectivity index (χ2v) is 16.5. The minimum atomic E-state index is 0.119. The fourth-order valence-corrected chi connectivity index (χ4v) is 9.43. The summed E-state index contributed by atoms with van der Waals surface area (Å²) in [5.74, 6) is 1.60. The van der Waals surface area contributed by atoms with Gasteiger partial charge in [-0.25, -0.2) is 15.0 Å². The highest BCUT2D eigenvalue weighted by Gasteiger charge is 2.25. The number of aromatic nitrogens is 4.